The number of hydrogen-bond acceptors (Lipinski definition) is 2. The van der Waals surface area contributed by atoms with Gasteiger partial charge in [0.25, 0.3) is 0 Å². The number of carbonyl (C=O) groups excluding carboxylic acids is 2. The number of anilines is 1. The number of amides is 2. The number of allylic oxidation sites excluding steroid dienone is 2. The Balaban J connectivity index is 1.85. The second-order valence-electron chi connectivity index (χ2n) is 6.20. The zero-order valence-electron chi connectivity index (χ0n) is 11.3. The van der Waals surface area contributed by atoms with Crippen molar-refractivity contribution in [3.8, 4) is 0 Å². The van der Waals surface area contributed by atoms with E-state index in [4.69, 9.17) is 23.2 Å². The molecule has 1 saturated heterocycles. The predicted octanol–water partition coefficient (Wildman–Crippen LogP) is 3.70. The normalized spacial score (nSPS) is 36.7. The van der Waals surface area contributed by atoms with Crippen molar-refractivity contribution in [2.45, 2.75) is 13.3 Å². The summed E-state index contributed by atoms with van der Waals surface area (Å²) in [5.74, 6) is -0.261. The lowest BCUT2D eigenvalue weighted by Gasteiger charge is -2.28. The first-order valence-electron chi connectivity index (χ1n) is 6.97. The van der Waals surface area contributed by atoms with Crippen molar-refractivity contribution in [1.82, 2.24) is 0 Å². The molecule has 1 aliphatic heterocycles. The highest BCUT2D eigenvalue weighted by molar-refractivity contribution is 6.45. The van der Waals surface area contributed by atoms with E-state index in [1.165, 1.54) is 4.90 Å². The van der Waals surface area contributed by atoms with Crippen LogP contribution >= 0.6 is 23.2 Å². The minimum atomic E-state index is -0.637. The van der Waals surface area contributed by atoms with Crippen LogP contribution in [-0.4, -0.2) is 11.8 Å². The topological polar surface area (TPSA) is 37.4 Å². The van der Waals surface area contributed by atoms with Crippen molar-refractivity contribution in [1.29, 1.82) is 0 Å². The summed E-state index contributed by atoms with van der Waals surface area (Å²) in [5, 5.41) is 0.600. The number of imide groups is 1. The summed E-state index contributed by atoms with van der Waals surface area (Å²) >= 11 is 12.2. The summed E-state index contributed by atoms with van der Waals surface area (Å²) in [6.45, 7) is 1.91. The molecule has 0 unspecified atom stereocenters. The zero-order chi connectivity index (χ0) is 14.9. The summed E-state index contributed by atoms with van der Waals surface area (Å²) in [6, 6.07) is 5.02. The maximum absolute atomic E-state index is 12.9. The number of hydrogen-bond donors (Lipinski definition) is 0. The van der Waals surface area contributed by atoms with Gasteiger partial charge in [-0.2, -0.15) is 0 Å². The maximum Gasteiger partial charge on any atom is 0.241 e. The summed E-state index contributed by atoms with van der Waals surface area (Å²) in [7, 11) is 0. The van der Waals surface area contributed by atoms with Crippen LogP contribution in [0.15, 0.2) is 30.4 Å². The van der Waals surface area contributed by atoms with Crippen molar-refractivity contribution in [2.24, 2.45) is 23.2 Å². The Bertz CT molecular complexity index is 714. The highest BCUT2D eigenvalue weighted by atomic mass is 35.5. The largest absolute Gasteiger partial charge is 0.274 e. The first-order valence-corrected chi connectivity index (χ1v) is 7.72. The lowest BCUT2D eigenvalue weighted by molar-refractivity contribution is -0.127. The Morgan fingerprint density at radius 1 is 1.24 bits per heavy atom. The molecule has 4 atom stereocenters. The molecular weight excluding hydrogens is 309 g/mol. The van der Waals surface area contributed by atoms with Gasteiger partial charge < -0.3 is 0 Å². The van der Waals surface area contributed by atoms with Crippen LogP contribution in [0.2, 0.25) is 10.0 Å². The number of benzene rings is 1. The van der Waals surface area contributed by atoms with Crippen molar-refractivity contribution in [3.63, 3.8) is 0 Å². The van der Waals surface area contributed by atoms with Gasteiger partial charge in [0.1, 0.15) is 0 Å². The van der Waals surface area contributed by atoms with Gasteiger partial charge in [0.15, 0.2) is 0 Å². The van der Waals surface area contributed by atoms with E-state index in [1.54, 1.807) is 18.2 Å². The fourth-order valence-corrected chi connectivity index (χ4v) is 4.58. The molecule has 1 saturated carbocycles. The lowest BCUT2D eigenvalue weighted by atomic mass is 9.71. The second kappa shape index (κ2) is 4.11. The molecule has 0 N–H and O–H groups in total. The van der Waals surface area contributed by atoms with E-state index in [1.807, 2.05) is 6.92 Å². The molecule has 3 nitrogen and oxygen atoms in total. The smallest absolute Gasteiger partial charge is 0.241 e. The van der Waals surface area contributed by atoms with Crippen LogP contribution in [0.5, 0.6) is 0 Å². The Kier molecular flexibility index (Phi) is 2.61. The summed E-state index contributed by atoms with van der Waals surface area (Å²) in [5.41, 5.74) is -0.239. The minimum absolute atomic E-state index is 0.145. The van der Waals surface area contributed by atoms with Gasteiger partial charge in [-0.25, -0.2) is 4.90 Å². The molecule has 4 rings (SSSR count). The fourth-order valence-electron chi connectivity index (χ4n) is 4.20. The first-order chi connectivity index (χ1) is 9.96. The highest BCUT2D eigenvalue weighted by Gasteiger charge is 2.67. The molecule has 108 valence electrons. The first kappa shape index (κ1) is 13.4. The lowest BCUT2D eigenvalue weighted by Crippen LogP contribution is -2.37. The maximum atomic E-state index is 12.9. The molecule has 1 aromatic carbocycles. The van der Waals surface area contributed by atoms with E-state index in [-0.39, 0.29) is 34.6 Å². The van der Waals surface area contributed by atoms with E-state index in [2.05, 4.69) is 12.2 Å². The van der Waals surface area contributed by atoms with E-state index >= 15 is 0 Å². The standard InChI is InChI=1S/C16H13Cl2NO2/c1-16-9-6-5-8(7-9)12(16)14(20)19(15(16)21)11-4-2-3-10(17)13(11)18/h2-6,8-9,12H,7H2,1H3/t8-,9-,12+,16+/m1/s1. The third-order valence-corrected chi connectivity index (χ3v) is 6.09. The van der Waals surface area contributed by atoms with Gasteiger partial charge in [0.05, 0.1) is 27.1 Å². The Morgan fingerprint density at radius 3 is 2.71 bits per heavy atom. The summed E-state index contributed by atoms with van der Waals surface area (Å²) < 4.78 is 0. The Morgan fingerprint density at radius 2 is 2.00 bits per heavy atom. The van der Waals surface area contributed by atoms with Crippen molar-refractivity contribution in [2.75, 3.05) is 4.90 Å². The van der Waals surface area contributed by atoms with E-state index in [9.17, 15) is 9.59 Å². The molecule has 2 aliphatic carbocycles. The molecule has 21 heavy (non-hydrogen) atoms. The molecule has 2 bridgehead atoms. The van der Waals surface area contributed by atoms with Crippen LogP contribution in [0.3, 0.4) is 0 Å². The van der Waals surface area contributed by atoms with Crippen LogP contribution in [0.1, 0.15) is 13.3 Å². The van der Waals surface area contributed by atoms with Crippen LogP contribution in [0.4, 0.5) is 5.69 Å². The third-order valence-electron chi connectivity index (χ3n) is 5.28. The third kappa shape index (κ3) is 1.46. The van der Waals surface area contributed by atoms with Gasteiger partial charge in [-0.05, 0) is 37.3 Å². The summed E-state index contributed by atoms with van der Waals surface area (Å²) in [6.07, 6.45) is 5.05. The molecule has 1 heterocycles. The van der Waals surface area contributed by atoms with E-state index in [0.29, 0.717) is 10.7 Å². The molecule has 5 heteroatoms. The van der Waals surface area contributed by atoms with E-state index in [0.717, 1.165) is 6.42 Å². The van der Waals surface area contributed by atoms with Gasteiger partial charge in [-0.1, -0.05) is 41.4 Å². The average molecular weight is 322 g/mol. The molecule has 0 spiro atoms. The number of nitrogens with zero attached hydrogens (tertiary/aromatic N) is 1. The summed E-state index contributed by atoms with van der Waals surface area (Å²) in [4.78, 5) is 27.0. The van der Waals surface area contributed by atoms with Gasteiger partial charge in [-0.3, -0.25) is 9.59 Å². The van der Waals surface area contributed by atoms with Gasteiger partial charge >= 0.3 is 0 Å². The second-order valence-corrected chi connectivity index (χ2v) is 6.99. The van der Waals surface area contributed by atoms with Gasteiger partial charge in [0.2, 0.25) is 11.8 Å². The fraction of sp³-hybridized carbons (Fsp3) is 0.375. The van der Waals surface area contributed by atoms with Crippen molar-refractivity contribution < 1.29 is 9.59 Å². The van der Waals surface area contributed by atoms with Crippen LogP contribution in [0, 0.1) is 23.2 Å². The molecule has 0 radical (unpaired) electrons. The van der Waals surface area contributed by atoms with Gasteiger partial charge in [0, 0.05) is 0 Å². The van der Waals surface area contributed by atoms with Crippen molar-refractivity contribution in [3.05, 3.63) is 40.4 Å². The van der Waals surface area contributed by atoms with Crippen LogP contribution in [0.25, 0.3) is 0 Å². The molecule has 0 aromatic heterocycles. The molecule has 1 aromatic rings. The van der Waals surface area contributed by atoms with Crippen LogP contribution in [-0.2, 0) is 9.59 Å². The monoisotopic (exact) mass is 321 g/mol. The Labute approximate surface area is 132 Å². The Hall–Kier alpha value is -1.32. The SMILES string of the molecule is C[C@@]12C(=O)N(c3cccc(Cl)c3Cl)C(=O)[C@@H]1[C@@H]1C=C[C@@H]2C1. The number of rotatable bonds is 1. The quantitative estimate of drug-likeness (QED) is 0.584. The van der Waals surface area contributed by atoms with Crippen LogP contribution < -0.4 is 4.90 Å². The molecular formula is C16H13Cl2NO2. The predicted molar refractivity (Wildman–Crippen MR) is 81.3 cm³/mol. The number of halogens is 2. The number of fused-ring (bicyclic) bond motifs is 5. The molecule has 3 aliphatic rings. The van der Waals surface area contributed by atoms with Crippen molar-refractivity contribution >= 4 is 40.7 Å². The molecule has 2 amide bonds. The van der Waals surface area contributed by atoms with Gasteiger partial charge in [-0.15, -0.1) is 0 Å². The molecule has 2 fully saturated rings. The zero-order valence-corrected chi connectivity index (χ0v) is 12.9. The minimum Gasteiger partial charge on any atom is -0.274 e. The average Bonchev–Trinajstić information content (AvgIpc) is 3.07. The number of carbonyl (C=O) groups is 2. The van der Waals surface area contributed by atoms with E-state index < -0.39 is 5.41 Å². The highest BCUT2D eigenvalue weighted by Crippen LogP contribution is 2.61.